The van der Waals surface area contributed by atoms with Gasteiger partial charge >= 0.3 is 0 Å². The smallest absolute Gasteiger partial charge is 0.253 e. The normalized spacial score (nSPS) is 10.5. The van der Waals surface area contributed by atoms with Crippen molar-refractivity contribution in [3.63, 3.8) is 0 Å². The van der Waals surface area contributed by atoms with Gasteiger partial charge in [-0.2, -0.15) is 11.8 Å². The maximum atomic E-state index is 11.3. The molecule has 0 amide bonds. The molecule has 0 bridgehead atoms. The second-order valence-electron chi connectivity index (χ2n) is 3.02. The minimum Gasteiger partial charge on any atom is -0.276 e. The van der Waals surface area contributed by atoms with Crippen molar-refractivity contribution in [3.05, 3.63) is 28.3 Å². The summed E-state index contributed by atoms with van der Waals surface area (Å²) in [5.41, 5.74) is 1.55. The van der Waals surface area contributed by atoms with Crippen molar-refractivity contribution in [3.8, 4) is 0 Å². The number of thioether (sulfide) groups is 2. The van der Waals surface area contributed by atoms with Gasteiger partial charge in [0.2, 0.25) is 0 Å². The van der Waals surface area contributed by atoms with Crippen LogP contribution in [0.5, 0.6) is 0 Å². The van der Waals surface area contributed by atoms with Crippen molar-refractivity contribution in [2.24, 2.45) is 0 Å². The lowest BCUT2D eigenvalue weighted by molar-refractivity contribution is 0.107. The summed E-state index contributed by atoms with van der Waals surface area (Å²) < 4.78 is 0. The van der Waals surface area contributed by atoms with E-state index >= 15 is 0 Å². The summed E-state index contributed by atoms with van der Waals surface area (Å²) in [6, 6.07) is 3.42. The number of hydrogen-bond donors (Lipinski definition) is 0. The van der Waals surface area contributed by atoms with Gasteiger partial charge < -0.3 is 0 Å². The van der Waals surface area contributed by atoms with Gasteiger partial charge in [0, 0.05) is 21.2 Å². The fraction of sp³-hybridized carbons (Fsp3) is 0.364. The van der Waals surface area contributed by atoms with Crippen LogP contribution in [0, 0.1) is 0 Å². The van der Waals surface area contributed by atoms with E-state index in [4.69, 9.17) is 23.2 Å². The Labute approximate surface area is 114 Å². The molecule has 0 spiro atoms. The minimum atomic E-state index is -0.427. The molecule has 0 heterocycles. The molecular weight excluding hydrogens is 283 g/mol. The summed E-state index contributed by atoms with van der Waals surface area (Å²) in [4.78, 5) is 12.2. The van der Waals surface area contributed by atoms with E-state index < -0.39 is 5.24 Å². The van der Waals surface area contributed by atoms with Gasteiger partial charge in [-0.1, -0.05) is 18.5 Å². The molecule has 0 saturated heterocycles. The Balaban J connectivity index is 3.21. The lowest BCUT2D eigenvalue weighted by Crippen LogP contribution is -1.97. The van der Waals surface area contributed by atoms with Crippen molar-refractivity contribution in [1.29, 1.82) is 0 Å². The average molecular weight is 295 g/mol. The SMILES string of the molecule is CCSCc1c(Cl)ccc(C(=O)Cl)c1SC. The lowest BCUT2D eigenvalue weighted by atomic mass is 10.1. The predicted molar refractivity (Wildman–Crippen MR) is 75.3 cm³/mol. The summed E-state index contributed by atoms with van der Waals surface area (Å²) in [7, 11) is 0. The molecule has 0 aliphatic rings. The van der Waals surface area contributed by atoms with Crippen LogP contribution in [0.25, 0.3) is 0 Å². The quantitative estimate of drug-likeness (QED) is 0.579. The molecular formula is C11H12Cl2OS2. The fourth-order valence-electron chi connectivity index (χ4n) is 1.33. The number of halogens is 2. The standard InChI is InChI=1S/C11H12Cl2OS2/c1-3-16-6-8-9(12)5-4-7(11(13)14)10(8)15-2/h4-5H,3,6H2,1-2H3. The van der Waals surface area contributed by atoms with E-state index in [1.54, 1.807) is 23.9 Å². The molecule has 0 saturated carbocycles. The average Bonchev–Trinajstić information content (AvgIpc) is 2.26. The topological polar surface area (TPSA) is 17.1 Å². The zero-order chi connectivity index (χ0) is 12.1. The summed E-state index contributed by atoms with van der Waals surface area (Å²) in [6.45, 7) is 2.09. The summed E-state index contributed by atoms with van der Waals surface area (Å²) in [5, 5.41) is 0.274. The highest BCUT2D eigenvalue weighted by Crippen LogP contribution is 2.34. The third-order valence-electron chi connectivity index (χ3n) is 2.07. The monoisotopic (exact) mass is 294 g/mol. The molecule has 1 aromatic rings. The van der Waals surface area contributed by atoms with Gasteiger partial charge in [0.25, 0.3) is 5.24 Å². The lowest BCUT2D eigenvalue weighted by Gasteiger charge is -2.12. The van der Waals surface area contributed by atoms with Gasteiger partial charge in [-0.25, -0.2) is 0 Å². The molecule has 1 rings (SSSR count). The van der Waals surface area contributed by atoms with Gasteiger partial charge in [0.1, 0.15) is 0 Å². The molecule has 0 N–H and O–H groups in total. The Kier molecular flexibility index (Phi) is 6.05. The number of benzene rings is 1. The Bertz CT molecular complexity index is 394. The van der Waals surface area contributed by atoms with Crippen LogP contribution in [0.2, 0.25) is 5.02 Å². The van der Waals surface area contributed by atoms with E-state index in [1.165, 1.54) is 11.8 Å². The molecule has 0 aliphatic heterocycles. The highest BCUT2D eigenvalue weighted by atomic mass is 35.5. The largest absolute Gasteiger partial charge is 0.276 e. The van der Waals surface area contributed by atoms with E-state index in [9.17, 15) is 4.79 Å². The van der Waals surface area contributed by atoms with Crippen LogP contribution in [0.1, 0.15) is 22.8 Å². The van der Waals surface area contributed by atoms with Crippen molar-refractivity contribution in [1.82, 2.24) is 0 Å². The molecule has 5 heteroatoms. The van der Waals surface area contributed by atoms with Crippen LogP contribution >= 0.6 is 46.7 Å². The highest BCUT2D eigenvalue weighted by Gasteiger charge is 2.15. The first-order chi connectivity index (χ1) is 7.61. The Hall–Kier alpha value is 0.170. The van der Waals surface area contributed by atoms with Gasteiger partial charge in [-0.05, 0) is 41.3 Å². The number of carbonyl (C=O) groups excluding carboxylic acids is 1. The molecule has 0 atom stereocenters. The maximum Gasteiger partial charge on any atom is 0.253 e. The van der Waals surface area contributed by atoms with Crippen LogP contribution in [0.4, 0.5) is 0 Å². The fourth-order valence-corrected chi connectivity index (χ4v) is 3.51. The van der Waals surface area contributed by atoms with Gasteiger partial charge in [-0.15, -0.1) is 11.8 Å². The van der Waals surface area contributed by atoms with E-state index in [0.717, 1.165) is 22.0 Å². The maximum absolute atomic E-state index is 11.3. The van der Waals surface area contributed by atoms with Crippen molar-refractivity contribution >= 4 is 52.0 Å². The molecule has 0 fully saturated rings. The van der Waals surface area contributed by atoms with Crippen LogP contribution in [-0.2, 0) is 5.75 Å². The molecule has 1 aromatic carbocycles. The van der Waals surface area contributed by atoms with Crippen molar-refractivity contribution in [2.45, 2.75) is 17.6 Å². The molecule has 16 heavy (non-hydrogen) atoms. The van der Waals surface area contributed by atoms with Crippen LogP contribution < -0.4 is 0 Å². The molecule has 1 nitrogen and oxygen atoms in total. The minimum absolute atomic E-state index is 0.427. The third-order valence-corrected chi connectivity index (χ3v) is 4.40. The Morgan fingerprint density at radius 3 is 2.62 bits per heavy atom. The number of hydrogen-bond acceptors (Lipinski definition) is 3. The zero-order valence-electron chi connectivity index (χ0n) is 9.05. The van der Waals surface area contributed by atoms with Crippen molar-refractivity contribution in [2.75, 3.05) is 12.0 Å². The highest BCUT2D eigenvalue weighted by molar-refractivity contribution is 7.99. The summed E-state index contributed by atoms with van der Waals surface area (Å²) in [6.07, 6.45) is 1.93. The molecule has 0 aliphatic carbocycles. The van der Waals surface area contributed by atoms with E-state index in [2.05, 4.69) is 6.92 Å². The predicted octanol–water partition coefficient (Wildman–Crippen LogP) is 4.69. The van der Waals surface area contributed by atoms with Crippen molar-refractivity contribution < 1.29 is 4.79 Å². The van der Waals surface area contributed by atoms with E-state index in [-0.39, 0.29) is 0 Å². The number of carbonyl (C=O) groups is 1. The number of rotatable bonds is 5. The van der Waals surface area contributed by atoms with Gasteiger partial charge in [-0.3, -0.25) is 4.79 Å². The Morgan fingerprint density at radius 2 is 2.12 bits per heavy atom. The van der Waals surface area contributed by atoms with Gasteiger partial charge in [0.15, 0.2) is 0 Å². The van der Waals surface area contributed by atoms with Crippen LogP contribution in [0.15, 0.2) is 17.0 Å². The second-order valence-corrected chi connectivity index (χ2v) is 5.86. The van der Waals surface area contributed by atoms with Crippen LogP contribution in [0.3, 0.4) is 0 Å². The molecule has 0 unspecified atom stereocenters. The molecule has 0 aromatic heterocycles. The first-order valence-electron chi connectivity index (χ1n) is 4.74. The molecule has 88 valence electrons. The Morgan fingerprint density at radius 1 is 1.44 bits per heavy atom. The van der Waals surface area contributed by atoms with E-state index in [1.807, 2.05) is 6.26 Å². The summed E-state index contributed by atoms with van der Waals surface area (Å²) >= 11 is 15.0. The van der Waals surface area contributed by atoms with Gasteiger partial charge in [0.05, 0.1) is 0 Å². The zero-order valence-corrected chi connectivity index (χ0v) is 12.2. The summed E-state index contributed by atoms with van der Waals surface area (Å²) in [5.74, 6) is 1.83. The second kappa shape index (κ2) is 6.80. The first-order valence-corrected chi connectivity index (χ1v) is 7.88. The molecule has 0 radical (unpaired) electrons. The third kappa shape index (κ3) is 3.33. The van der Waals surface area contributed by atoms with Crippen LogP contribution in [-0.4, -0.2) is 17.3 Å². The first kappa shape index (κ1) is 14.2. The van der Waals surface area contributed by atoms with E-state index in [0.29, 0.717) is 10.6 Å².